The van der Waals surface area contributed by atoms with E-state index < -0.39 is 17.8 Å². The third kappa shape index (κ3) is 4.09. The van der Waals surface area contributed by atoms with Crippen molar-refractivity contribution in [2.24, 2.45) is 5.92 Å². The number of aliphatic hydroxyl groups excluding tert-OH is 1. The molecule has 5 nitrogen and oxygen atoms in total. The highest BCUT2D eigenvalue weighted by Crippen LogP contribution is 2.29. The molecule has 1 aromatic rings. The van der Waals surface area contributed by atoms with Crippen molar-refractivity contribution in [1.82, 2.24) is 4.98 Å². The van der Waals surface area contributed by atoms with E-state index in [4.69, 9.17) is 10.2 Å². The fraction of sp³-hybridized carbons (Fsp3) is 0.455. The lowest BCUT2D eigenvalue weighted by Gasteiger charge is -2.14. The molecule has 19 heavy (non-hydrogen) atoms. The summed E-state index contributed by atoms with van der Waals surface area (Å²) in [6.07, 6.45) is -4.64. The van der Waals surface area contributed by atoms with E-state index in [1.807, 2.05) is 0 Å². The maximum Gasteiger partial charge on any atom is 0.433 e. The van der Waals surface area contributed by atoms with Gasteiger partial charge in [-0.15, -0.1) is 0 Å². The predicted molar refractivity (Wildman–Crippen MR) is 60.9 cm³/mol. The Morgan fingerprint density at radius 2 is 2.11 bits per heavy atom. The number of hydrogen-bond acceptors (Lipinski definition) is 4. The number of pyridine rings is 1. The highest BCUT2D eigenvalue weighted by Gasteiger charge is 2.33. The van der Waals surface area contributed by atoms with Crippen LogP contribution in [0.1, 0.15) is 23.0 Å². The van der Waals surface area contributed by atoms with Gasteiger partial charge in [-0.05, 0) is 18.1 Å². The maximum absolute atomic E-state index is 12.5. The summed E-state index contributed by atoms with van der Waals surface area (Å²) in [6, 6.07) is 1.47. The fourth-order valence-electron chi connectivity index (χ4n) is 1.26. The number of carbonyl (C=O) groups is 1. The van der Waals surface area contributed by atoms with Gasteiger partial charge in [-0.1, -0.05) is 6.92 Å². The van der Waals surface area contributed by atoms with Gasteiger partial charge in [0.2, 0.25) is 0 Å². The fourth-order valence-corrected chi connectivity index (χ4v) is 1.26. The van der Waals surface area contributed by atoms with E-state index in [0.717, 1.165) is 6.07 Å². The molecule has 0 radical (unpaired) electrons. The van der Waals surface area contributed by atoms with E-state index in [9.17, 15) is 18.0 Å². The van der Waals surface area contributed by atoms with E-state index in [0.29, 0.717) is 6.07 Å². The summed E-state index contributed by atoms with van der Waals surface area (Å²) in [6.45, 7) is 1.60. The Hall–Kier alpha value is -1.83. The van der Waals surface area contributed by atoms with Gasteiger partial charge in [0.15, 0.2) is 0 Å². The number of anilines is 1. The van der Waals surface area contributed by atoms with Crippen LogP contribution in [0.3, 0.4) is 0 Å². The molecule has 106 valence electrons. The van der Waals surface area contributed by atoms with Crippen LogP contribution in [-0.2, 0) is 6.18 Å². The van der Waals surface area contributed by atoms with Gasteiger partial charge in [0.25, 0.3) is 0 Å². The van der Waals surface area contributed by atoms with Crippen LogP contribution >= 0.6 is 0 Å². The number of aromatic nitrogens is 1. The molecule has 0 fully saturated rings. The summed E-state index contributed by atoms with van der Waals surface area (Å²) in [4.78, 5) is 14.2. The average molecular weight is 278 g/mol. The largest absolute Gasteiger partial charge is 0.478 e. The molecule has 8 heteroatoms. The number of aromatic carboxylic acids is 1. The molecule has 0 saturated carbocycles. The number of rotatable bonds is 5. The molecule has 0 aliphatic carbocycles. The summed E-state index contributed by atoms with van der Waals surface area (Å²) in [5, 5.41) is 20.2. The van der Waals surface area contributed by atoms with E-state index in [1.54, 1.807) is 6.92 Å². The highest BCUT2D eigenvalue weighted by molar-refractivity contribution is 5.93. The highest BCUT2D eigenvalue weighted by atomic mass is 19.4. The van der Waals surface area contributed by atoms with Gasteiger partial charge in [-0.3, -0.25) is 0 Å². The number of nitrogens with one attached hydrogen (secondary N) is 1. The van der Waals surface area contributed by atoms with Gasteiger partial charge >= 0.3 is 12.1 Å². The normalized spacial score (nSPS) is 13.1. The summed E-state index contributed by atoms with van der Waals surface area (Å²) in [5.41, 5.74) is -1.52. The molecular formula is C11H13F3N2O3. The lowest BCUT2D eigenvalue weighted by molar-refractivity contribution is -0.141. The van der Waals surface area contributed by atoms with Crippen molar-refractivity contribution in [2.75, 3.05) is 18.5 Å². The number of carboxylic acids is 1. The minimum atomic E-state index is -4.64. The molecule has 0 spiro atoms. The van der Waals surface area contributed by atoms with Crippen molar-refractivity contribution in [2.45, 2.75) is 13.1 Å². The van der Waals surface area contributed by atoms with Crippen molar-refractivity contribution >= 4 is 11.8 Å². The molecule has 0 aliphatic heterocycles. The standard InChI is InChI=1S/C11H13F3N2O3/c1-6(5-17)4-15-9-7(10(18)19)2-3-8(16-9)11(12,13)14/h2-3,6,17H,4-5H2,1H3,(H,15,16)(H,18,19). The second kappa shape index (κ2) is 5.87. The lowest BCUT2D eigenvalue weighted by atomic mass is 10.2. The lowest BCUT2D eigenvalue weighted by Crippen LogP contribution is -2.19. The quantitative estimate of drug-likeness (QED) is 0.765. The van der Waals surface area contributed by atoms with E-state index in [1.165, 1.54) is 0 Å². The molecule has 1 heterocycles. The van der Waals surface area contributed by atoms with Gasteiger partial charge in [-0.2, -0.15) is 13.2 Å². The smallest absolute Gasteiger partial charge is 0.433 e. The van der Waals surface area contributed by atoms with Crippen LogP contribution < -0.4 is 5.32 Å². The number of aliphatic hydroxyl groups is 1. The van der Waals surface area contributed by atoms with Crippen LogP contribution in [0, 0.1) is 5.92 Å². The maximum atomic E-state index is 12.5. The second-order valence-electron chi connectivity index (χ2n) is 4.06. The zero-order valence-electron chi connectivity index (χ0n) is 10.0. The Morgan fingerprint density at radius 1 is 1.47 bits per heavy atom. The molecule has 0 aliphatic rings. The summed E-state index contributed by atoms with van der Waals surface area (Å²) in [5.74, 6) is -1.97. The summed E-state index contributed by atoms with van der Waals surface area (Å²) in [7, 11) is 0. The second-order valence-corrected chi connectivity index (χ2v) is 4.06. The minimum Gasteiger partial charge on any atom is -0.478 e. The van der Waals surface area contributed by atoms with Gasteiger partial charge in [0.1, 0.15) is 17.1 Å². The number of halogens is 3. The van der Waals surface area contributed by atoms with E-state index in [2.05, 4.69) is 10.3 Å². The molecule has 1 unspecified atom stereocenters. The van der Waals surface area contributed by atoms with E-state index in [-0.39, 0.29) is 30.5 Å². The Labute approximate surface area is 107 Å². The zero-order valence-corrected chi connectivity index (χ0v) is 10.0. The number of alkyl halides is 3. The van der Waals surface area contributed by atoms with E-state index >= 15 is 0 Å². The van der Waals surface area contributed by atoms with Crippen LogP contribution in [0.25, 0.3) is 0 Å². The minimum absolute atomic E-state index is 0.116. The van der Waals surface area contributed by atoms with Crippen molar-refractivity contribution in [3.8, 4) is 0 Å². The third-order valence-electron chi connectivity index (χ3n) is 2.35. The van der Waals surface area contributed by atoms with Crippen LogP contribution in [0.15, 0.2) is 12.1 Å². The summed E-state index contributed by atoms with van der Waals surface area (Å²) >= 11 is 0. The number of nitrogens with zero attached hydrogens (tertiary/aromatic N) is 1. The molecule has 0 saturated heterocycles. The van der Waals surface area contributed by atoms with Crippen LogP contribution in [-0.4, -0.2) is 34.3 Å². The molecule has 1 aromatic heterocycles. The SMILES string of the molecule is CC(CO)CNc1nc(C(F)(F)F)ccc1C(=O)O. The monoisotopic (exact) mass is 278 g/mol. The molecule has 1 atom stereocenters. The average Bonchev–Trinajstić information content (AvgIpc) is 2.34. The third-order valence-corrected chi connectivity index (χ3v) is 2.35. The van der Waals surface area contributed by atoms with Crippen LogP contribution in [0.4, 0.5) is 19.0 Å². The number of hydrogen-bond donors (Lipinski definition) is 3. The number of carboxylic acid groups (broad SMARTS) is 1. The zero-order chi connectivity index (χ0) is 14.6. The first-order chi connectivity index (χ1) is 8.75. The van der Waals surface area contributed by atoms with Crippen LogP contribution in [0.5, 0.6) is 0 Å². The van der Waals surface area contributed by atoms with Crippen LogP contribution in [0.2, 0.25) is 0 Å². The van der Waals surface area contributed by atoms with Gasteiger partial charge in [-0.25, -0.2) is 9.78 Å². The van der Waals surface area contributed by atoms with Crippen molar-refractivity contribution in [3.05, 3.63) is 23.4 Å². The Morgan fingerprint density at radius 3 is 2.58 bits per heavy atom. The van der Waals surface area contributed by atoms with Gasteiger partial charge in [0, 0.05) is 13.2 Å². The van der Waals surface area contributed by atoms with Gasteiger partial charge in [0.05, 0.1) is 0 Å². The first kappa shape index (κ1) is 15.2. The first-order valence-electron chi connectivity index (χ1n) is 5.42. The Balaban J connectivity index is 3.06. The molecule has 0 aromatic carbocycles. The molecular weight excluding hydrogens is 265 g/mol. The predicted octanol–water partition coefficient (Wildman–Crippen LogP) is 1.84. The first-order valence-corrected chi connectivity index (χ1v) is 5.42. The molecule has 3 N–H and O–H groups in total. The van der Waals surface area contributed by atoms with Crippen molar-refractivity contribution in [1.29, 1.82) is 0 Å². The molecule has 0 bridgehead atoms. The van der Waals surface area contributed by atoms with Gasteiger partial charge < -0.3 is 15.5 Å². The van der Waals surface area contributed by atoms with Crippen molar-refractivity contribution in [3.63, 3.8) is 0 Å². The Bertz CT molecular complexity index is 463. The Kier molecular flexibility index (Phi) is 4.71. The molecule has 1 rings (SSSR count). The van der Waals surface area contributed by atoms with Crippen molar-refractivity contribution < 1.29 is 28.2 Å². The topological polar surface area (TPSA) is 82.5 Å². The summed E-state index contributed by atoms with van der Waals surface area (Å²) < 4.78 is 37.5. The molecule has 0 amide bonds.